The number of ether oxygens (including phenoxy) is 1. The van der Waals surface area contributed by atoms with Gasteiger partial charge >= 0.3 is 5.97 Å². The minimum atomic E-state index is -0.278. The molecule has 2 aromatic rings. The third kappa shape index (κ3) is 2.85. The molecule has 4 heteroatoms. The van der Waals surface area contributed by atoms with Crippen molar-refractivity contribution in [2.45, 2.75) is 13.0 Å². The molecule has 0 spiro atoms. The maximum atomic E-state index is 12.0. The second-order valence-electron chi connectivity index (χ2n) is 4.75. The molecule has 0 atom stereocenters. The van der Waals surface area contributed by atoms with Crippen LogP contribution in [0.3, 0.4) is 0 Å². The second-order valence-corrected chi connectivity index (χ2v) is 5.67. The summed E-state index contributed by atoms with van der Waals surface area (Å²) in [5, 5.41) is 3.27. The van der Waals surface area contributed by atoms with Gasteiger partial charge in [-0.25, -0.2) is 4.79 Å². The van der Waals surface area contributed by atoms with Crippen LogP contribution in [-0.2, 0) is 17.8 Å². The van der Waals surface area contributed by atoms with Gasteiger partial charge in [0.25, 0.3) is 0 Å². The number of fused-ring (bicyclic) bond motifs is 1. The lowest BCUT2D eigenvalue weighted by Crippen LogP contribution is -2.05. The summed E-state index contributed by atoms with van der Waals surface area (Å²) < 4.78 is 6.33. The third-order valence-electron chi connectivity index (χ3n) is 3.31. The number of hydrogen-bond acceptors (Lipinski definition) is 3. The smallest absolute Gasteiger partial charge is 0.338 e. The van der Waals surface area contributed by atoms with Crippen molar-refractivity contribution in [1.82, 2.24) is 0 Å². The van der Waals surface area contributed by atoms with Gasteiger partial charge in [0.15, 0.2) is 0 Å². The summed E-state index contributed by atoms with van der Waals surface area (Å²) in [7, 11) is 0. The lowest BCUT2D eigenvalue weighted by molar-refractivity contribution is 0.0472. The summed E-state index contributed by atoms with van der Waals surface area (Å²) in [5.41, 5.74) is 3.88. The Hall–Kier alpha value is -1.81. The summed E-state index contributed by atoms with van der Waals surface area (Å²) in [4.78, 5) is 12.0. The molecule has 0 fully saturated rings. The highest BCUT2D eigenvalue weighted by Crippen LogP contribution is 2.23. The molecule has 0 unspecified atom stereocenters. The fourth-order valence-electron chi connectivity index (χ4n) is 2.29. The van der Waals surface area contributed by atoms with Gasteiger partial charge in [0.1, 0.15) is 6.61 Å². The number of carbonyl (C=O) groups is 1. The van der Waals surface area contributed by atoms with Crippen molar-refractivity contribution in [1.29, 1.82) is 0 Å². The standard InChI is InChI=1S/C16H14BrNO2/c17-14-3-1-2-11(8-14)10-20-16(19)13-4-5-15-12(9-13)6-7-18-15/h1-5,8-9,18H,6-7,10H2. The molecule has 0 saturated heterocycles. The fourth-order valence-corrected chi connectivity index (χ4v) is 2.74. The average molecular weight is 332 g/mol. The maximum absolute atomic E-state index is 12.0. The van der Waals surface area contributed by atoms with Crippen LogP contribution in [0.4, 0.5) is 5.69 Å². The minimum Gasteiger partial charge on any atom is -0.457 e. The lowest BCUT2D eigenvalue weighted by Gasteiger charge is -2.07. The summed E-state index contributed by atoms with van der Waals surface area (Å²) in [6, 6.07) is 13.4. The monoisotopic (exact) mass is 331 g/mol. The van der Waals surface area contributed by atoms with Crippen LogP contribution in [0.25, 0.3) is 0 Å². The molecule has 2 aromatic carbocycles. The molecule has 0 saturated carbocycles. The molecule has 1 N–H and O–H groups in total. The molecular formula is C16H14BrNO2. The van der Waals surface area contributed by atoms with Gasteiger partial charge in [-0.05, 0) is 47.9 Å². The Labute approximate surface area is 126 Å². The molecule has 3 rings (SSSR count). The van der Waals surface area contributed by atoms with E-state index in [2.05, 4.69) is 21.2 Å². The lowest BCUT2D eigenvalue weighted by atomic mass is 10.1. The zero-order valence-corrected chi connectivity index (χ0v) is 12.4. The molecule has 3 nitrogen and oxygen atoms in total. The molecule has 20 heavy (non-hydrogen) atoms. The largest absolute Gasteiger partial charge is 0.457 e. The summed E-state index contributed by atoms with van der Waals surface area (Å²) in [6.07, 6.45) is 0.960. The highest BCUT2D eigenvalue weighted by Gasteiger charge is 2.14. The first-order valence-electron chi connectivity index (χ1n) is 6.51. The third-order valence-corrected chi connectivity index (χ3v) is 3.80. The number of benzene rings is 2. The van der Waals surface area contributed by atoms with Crippen molar-refractivity contribution in [2.75, 3.05) is 11.9 Å². The Morgan fingerprint density at radius 3 is 3.00 bits per heavy atom. The van der Waals surface area contributed by atoms with Crippen LogP contribution < -0.4 is 5.32 Å². The predicted octanol–water partition coefficient (Wildman–Crippen LogP) is 3.77. The molecule has 1 aliphatic heterocycles. The van der Waals surface area contributed by atoms with Crippen molar-refractivity contribution in [3.05, 3.63) is 63.6 Å². The average Bonchev–Trinajstić information content (AvgIpc) is 2.92. The normalized spacial score (nSPS) is 12.7. The number of nitrogens with one attached hydrogen (secondary N) is 1. The van der Waals surface area contributed by atoms with Gasteiger partial charge in [0.05, 0.1) is 5.56 Å². The topological polar surface area (TPSA) is 38.3 Å². The first-order chi connectivity index (χ1) is 9.72. The van der Waals surface area contributed by atoms with E-state index in [9.17, 15) is 4.79 Å². The van der Waals surface area contributed by atoms with Crippen LogP contribution in [0.1, 0.15) is 21.5 Å². The highest BCUT2D eigenvalue weighted by atomic mass is 79.9. The van der Waals surface area contributed by atoms with Crippen molar-refractivity contribution in [2.24, 2.45) is 0 Å². The Morgan fingerprint density at radius 2 is 2.15 bits per heavy atom. The van der Waals surface area contributed by atoms with Crippen LogP contribution >= 0.6 is 15.9 Å². The van der Waals surface area contributed by atoms with Gasteiger partial charge in [0, 0.05) is 16.7 Å². The van der Waals surface area contributed by atoms with Gasteiger partial charge in [-0.15, -0.1) is 0 Å². The molecule has 1 heterocycles. The van der Waals surface area contributed by atoms with E-state index in [0.717, 1.165) is 28.7 Å². The predicted molar refractivity (Wildman–Crippen MR) is 81.9 cm³/mol. The van der Waals surface area contributed by atoms with Gasteiger partial charge in [-0.3, -0.25) is 0 Å². The van der Waals surface area contributed by atoms with E-state index >= 15 is 0 Å². The van der Waals surface area contributed by atoms with E-state index in [-0.39, 0.29) is 12.6 Å². The van der Waals surface area contributed by atoms with E-state index < -0.39 is 0 Å². The fraction of sp³-hybridized carbons (Fsp3) is 0.188. The number of carbonyl (C=O) groups excluding carboxylic acids is 1. The summed E-state index contributed by atoms with van der Waals surface area (Å²) in [5.74, 6) is -0.278. The van der Waals surface area contributed by atoms with Crippen molar-refractivity contribution >= 4 is 27.6 Å². The molecule has 0 amide bonds. The minimum absolute atomic E-state index is 0.278. The van der Waals surface area contributed by atoms with Crippen LogP contribution in [0.5, 0.6) is 0 Å². The van der Waals surface area contributed by atoms with E-state index in [0.29, 0.717) is 5.56 Å². The summed E-state index contributed by atoms with van der Waals surface area (Å²) >= 11 is 3.40. The quantitative estimate of drug-likeness (QED) is 0.870. The van der Waals surface area contributed by atoms with Crippen molar-refractivity contribution < 1.29 is 9.53 Å². The molecule has 1 aliphatic rings. The Kier molecular flexibility index (Phi) is 3.74. The van der Waals surface area contributed by atoms with Crippen molar-refractivity contribution in [3.8, 4) is 0 Å². The SMILES string of the molecule is O=C(OCc1cccc(Br)c1)c1ccc2c(c1)CCN2. The van der Waals surface area contributed by atoms with Crippen LogP contribution in [0.2, 0.25) is 0 Å². The van der Waals surface area contributed by atoms with Gasteiger partial charge < -0.3 is 10.1 Å². The number of esters is 1. The number of halogens is 1. The van der Waals surface area contributed by atoms with Gasteiger partial charge in [-0.1, -0.05) is 28.1 Å². The zero-order valence-electron chi connectivity index (χ0n) is 10.9. The number of hydrogen-bond donors (Lipinski definition) is 1. The maximum Gasteiger partial charge on any atom is 0.338 e. The Bertz CT molecular complexity index is 655. The molecule has 0 radical (unpaired) electrons. The first-order valence-corrected chi connectivity index (χ1v) is 7.30. The number of rotatable bonds is 3. The summed E-state index contributed by atoms with van der Waals surface area (Å²) in [6.45, 7) is 1.22. The van der Waals surface area contributed by atoms with E-state index in [1.165, 1.54) is 5.56 Å². The van der Waals surface area contributed by atoms with Crippen LogP contribution in [-0.4, -0.2) is 12.5 Å². The molecular weight excluding hydrogens is 318 g/mol. The molecule has 102 valence electrons. The molecule has 0 aromatic heterocycles. The molecule has 0 bridgehead atoms. The highest BCUT2D eigenvalue weighted by molar-refractivity contribution is 9.10. The van der Waals surface area contributed by atoms with E-state index in [1.54, 1.807) is 6.07 Å². The van der Waals surface area contributed by atoms with Crippen LogP contribution in [0, 0.1) is 0 Å². The van der Waals surface area contributed by atoms with E-state index in [4.69, 9.17) is 4.74 Å². The van der Waals surface area contributed by atoms with Gasteiger partial charge in [-0.2, -0.15) is 0 Å². The zero-order chi connectivity index (χ0) is 13.9. The van der Waals surface area contributed by atoms with Crippen molar-refractivity contribution in [3.63, 3.8) is 0 Å². The Morgan fingerprint density at radius 1 is 1.25 bits per heavy atom. The van der Waals surface area contributed by atoms with Gasteiger partial charge in [0.2, 0.25) is 0 Å². The first kappa shape index (κ1) is 13.2. The van der Waals surface area contributed by atoms with Crippen LogP contribution in [0.15, 0.2) is 46.9 Å². The Balaban J connectivity index is 1.67. The molecule has 0 aliphatic carbocycles. The van der Waals surface area contributed by atoms with E-state index in [1.807, 2.05) is 36.4 Å². The number of anilines is 1. The second kappa shape index (κ2) is 5.67.